The molecule has 110 valence electrons. The summed E-state index contributed by atoms with van der Waals surface area (Å²) in [7, 11) is -4.16. The number of carbonyl (C=O) groups excluding carboxylic acids is 3. The van der Waals surface area contributed by atoms with Gasteiger partial charge in [-0.25, -0.2) is 18.4 Å². The van der Waals surface area contributed by atoms with Gasteiger partial charge in [-0.3, -0.25) is 9.59 Å². The van der Waals surface area contributed by atoms with E-state index in [0.29, 0.717) is 0 Å². The third kappa shape index (κ3) is 1.85. The maximum absolute atomic E-state index is 12.0. The van der Waals surface area contributed by atoms with Crippen LogP contribution in [0.15, 0.2) is 24.3 Å². The summed E-state index contributed by atoms with van der Waals surface area (Å²) >= 11 is 0. The molecule has 21 heavy (non-hydrogen) atoms. The van der Waals surface area contributed by atoms with E-state index in [-0.39, 0.29) is 29.0 Å². The fourth-order valence-corrected chi connectivity index (χ4v) is 3.08. The van der Waals surface area contributed by atoms with Crippen molar-refractivity contribution < 1.29 is 27.6 Å². The van der Waals surface area contributed by atoms with Crippen LogP contribution < -0.4 is 5.14 Å². The van der Waals surface area contributed by atoms with E-state index >= 15 is 0 Å². The predicted molar refractivity (Wildman–Crippen MR) is 68.1 cm³/mol. The summed E-state index contributed by atoms with van der Waals surface area (Å²) in [6.07, 6.45) is 0.0155. The van der Waals surface area contributed by atoms with Crippen LogP contribution in [-0.2, 0) is 19.7 Å². The smallest absolute Gasteiger partial charge is 0.328 e. The minimum Gasteiger partial charge on any atom is -0.328 e. The summed E-state index contributed by atoms with van der Waals surface area (Å²) in [5, 5.41) is 5.26. The first-order valence-electron chi connectivity index (χ1n) is 6.00. The highest BCUT2D eigenvalue weighted by Crippen LogP contribution is 2.43. The minimum atomic E-state index is -4.16. The highest BCUT2D eigenvalue weighted by molar-refractivity contribution is 7.91. The van der Waals surface area contributed by atoms with E-state index in [1.54, 1.807) is 12.1 Å². The number of carbonyl (C=O) groups is 3. The fraction of sp³-hybridized carbons (Fsp3) is 0.250. The first-order valence-corrected chi connectivity index (χ1v) is 7.55. The van der Waals surface area contributed by atoms with Crippen molar-refractivity contribution in [2.75, 3.05) is 0 Å². The van der Waals surface area contributed by atoms with E-state index in [0.717, 1.165) is 0 Å². The Hall–Kier alpha value is -2.26. The SMILES string of the molecule is NS(=O)(=O)C1(C(=O)ON2C(=O)c3ccccc3C2=O)CC1. The van der Waals surface area contributed by atoms with Crippen LogP contribution in [0.25, 0.3) is 0 Å². The van der Waals surface area contributed by atoms with Gasteiger partial charge in [0.1, 0.15) is 0 Å². The summed E-state index contributed by atoms with van der Waals surface area (Å²) in [6.45, 7) is 0. The second kappa shape index (κ2) is 4.12. The summed E-state index contributed by atoms with van der Waals surface area (Å²) in [4.78, 5) is 40.6. The van der Waals surface area contributed by atoms with E-state index in [2.05, 4.69) is 0 Å². The Morgan fingerprint density at radius 1 is 1.14 bits per heavy atom. The number of hydroxylamine groups is 2. The van der Waals surface area contributed by atoms with Crippen LogP contribution in [0.2, 0.25) is 0 Å². The summed E-state index contributed by atoms with van der Waals surface area (Å²) in [5.41, 5.74) is 0.187. The Bertz CT molecular complexity index is 746. The lowest BCUT2D eigenvalue weighted by atomic mass is 10.1. The standard InChI is InChI=1S/C12H10N2O6S/c13-21(18,19)12(5-6-12)11(17)20-14-9(15)7-3-1-2-4-8(7)10(14)16/h1-4H,5-6H2,(H2,13,18,19). The van der Waals surface area contributed by atoms with Crippen molar-refractivity contribution in [2.45, 2.75) is 17.6 Å². The molecule has 1 aliphatic carbocycles. The Morgan fingerprint density at radius 2 is 1.62 bits per heavy atom. The fourth-order valence-electron chi connectivity index (χ4n) is 2.13. The Kier molecular flexibility index (Phi) is 2.69. The number of hydrogen-bond acceptors (Lipinski definition) is 6. The van der Waals surface area contributed by atoms with Crippen molar-refractivity contribution in [2.24, 2.45) is 5.14 Å². The minimum absolute atomic E-state index is 0.00777. The first kappa shape index (κ1) is 13.7. The van der Waals surface area contributed by atoms with E-state index in [4.69, 9.17) is 9.98 Å². The van der Waals surface area contributed by atoms with Gasteiger partial charge in [0.2, 0.25) is 10.0 Å². The van der Waals surface area contributed by atoms with Crippen molar-refractivity contribution in [3.63, 3.8) is 0 Å². The second-order valence-electron chi connectivity index (χ2n) is 4.87. The topological polar surface area (TPSA) is 124 Å². The number of rotatable bonds is 3. The lowest BCUT2D eigenvalue weighted by Crippen LogP contribution is -2.44. The normalized spacial score (nSPS) is 19.4. The van der Waals surface area contributed by atoms with Crippen LogP contribution in [0.5, 0.6) is 0 Å². The van der Waals surface area contributed by atoms with E-state index in [9.17, 15) is 22.8 Å². The molecule has 9 heteroatoms. The molecule has 1 fully saturated rings. The van der Waals surface area contributed by atoms with E-state index < -0.39 is 32.6 Å². The van der Waals surface area contributed by atoms with Crippen molar-refractivity contribution in [1.82, 2.24) is 5.06 Å². The molecule has 0 atom stereocenters. The molecule has 0 aromatic heterocycles. The first-order chi connectivity index (χ1) is 9.78. The molecule has 1 aliphatic heterocycles. The van der Waals surface area contributed by atoms with Gasteiger partial charge in [0.15, 0.2) is 4.75 Å². The monoisotopic (exact) mass is 310 g/mol. The molecule has 1 aromatic rings. The number of amides is 2. The van der Waals surface area contributed by atoms with Gasteiger partial charge in [0.25, 0.3) is 11.8 Å². The average molecular weight is 310 g/mol. The number of hydrogen-bond donors (Lipinski definition) is 1. The van der Waals surface area contributed by atoms with Gasteiger partial charge in [0, 0.05) is 0 Å². The molecule has 2 amide bonds. The number of fused-ring (bicyclic) bond motifs is 1. The molecular weight excluding hydrogens is 300 g/mol. The highest BCUT2D eigenvalue weighted by atomic mass is 32.2. The average Bonchev–Trinajstić information content (AvgIpc) is 3.20. The van der Waals surface area contributed by atoms with Crippen LogP contribution in [0.1, 0.15) is 33.6 Å². The molecule has 0 radical (unpaired) electrons. The zero-order valence-electron chi connectivity index (χ0n) is 10.6. The van der Waals surface area contributed by atoms with Crippen LogP contribution in [-0.4, -0.2) is 36.0 Å². The van der Waals surface area contributed by atoms with E-state index in [1.807, 2.05) is 0 Å². The zero-order chi connectivity index (χ0) is 15.4. The van der Waals surface area contributed by atoms with Crippen molar-refractivity contribution in [3.05, 3.63) is 35.4 Å². The van der Waals surface area contributed by atoms with Gasteiger partial charge in [-0.05, 0) is 25.0 Å². The van der Waals surface area contributed by atoms with Crippen LogP contribution in [0, 0.1) is 0 Å². The lowest BCUT2D eigenvalue weighted by Gasteiger charge is -2.16. The number of primary sulfonamides is 1. The molecule has 3 rings (SSSR count). The highest BCUT2D eigenvalue weighted by Gasteiger charge is 2.62. The molecular formula is C12H10N2O6S. The number of nitrogens with zero attached hydrogens (tertiary/aromatic N) is 1. The van der Waals surface area contributed by atoms with Crippen LogP contribution in [0.3, 0.4) is 0 Å². The third-order valence-corrected chi connectivity index (χ3v) is 5.22. The molecule has 0 bridgehead atoms. The van der Waals surface area contributed by atoms with Crippen LogP contribution in [0.4, 0.5) is 0 Å². The van der Waals surface area contributed by atoms with Gasteiger partial charge in [-0.2, -0.15) is 0 Å². The van der Waals surface area contributed by atoms with Gasteiger partial charge < -0.3 is 4.84 Å². The van der Waals surface area contributed by atoms with Gasteiger partial charge in [0.05, 0.1) is 11.1 Å². The molecule has 0 unspecified atom stereocenters. The molecule has 2 aliphatic rings. The molecule has 1 aromatic carbocycles. The molecule has 0 spiro atoms. The maximum atomic E-state index is 12.0. The molecule has 2 N–H and O–H groups in total. The number of sulfonamides is 1. The Morgan fingerprint density at radius 3 is 2.00 bits per heavy atom. The predicted octanol–water partition coefficient (Wildman–Crippen LogP) is -0.438. The number of nitrogens with two attached hydrogens (primary N) is 1. The van der Waals surface area contributed by atoms with Gasteiger partial charge in [-0.1, -0.05) is 17.2 Å². The largest absolute Gasteiger partial charge is 0.355 e. The van der Waals surface area contributed by atoms with Gasteiger partial charge >= 0.3 is 5.97 Å². The maximum Gasteiger partial charge on any atom is 0.355 e. The zero-order valence-corrected chi connectivity index (χ0v) is 11.4. The summed E-state index contributed by atoms with van der Waals surface area (Å²) < 4.78 is 21.0. The third-order valence-electron chi connectivity index (χ3n) is 3.55. The summed E-state index contributed by atoms with van der Waals surface area (Å²) in [5.74, 6) is -2.83. The van der Waals surface area contributed by atoms with Gasteiger partial charge in [-0.15, -0.1) is 0 Å². The molecule has 8 nitrogen and oxygen atoms in total. The number of imide groups is 1. The molecule has 1 saturated carbocycles. The van der Waals surface area contributed by atoms with Crippen molar-refractivity contribution in [3.8, 4) is 0 Å². The Labute approximate surface area is 119 Å². The van der Waals surface area contributed by atoms with E-state index in [1.165, 1.54) is 12.1 Å². The molecule has 1 heterocycles. The van der Waals surface area contributed by atoms with Crippen LogP contribution >= 0.6 is 0 Å². The van der Waals surface area contributed by atoms with Crippen molar-refractivity contribution in [1.29, 1.82) is 0 Å². The summed E-state index contributed by atoms with van der Waals surface area (Å²) in [6, 6.07) is 5.94. The quantitative estimate of drug-likeness (QED) is 0.755. The Balaban J connectivity index is 1.87. The van der Waals surface area contributed by atoms with Crippen molar-refractivity contribution >= 4 is 27.8 Å². The molecule has 0 saturated heterocycles. The number of benzene rings is 1. The second-order valence-corrected chi connectivity index (χ2v) is 6.74. The lowest BCUT2D eigenvalue weighted by molar-refractivity contribution is -0.168.